The number of ether oxygens (including phenoxy) is 1. The van der Waals surface area contributed by atoms with Crippen molar-refractivity contribution in [2.45, 2.75) is 38.1 Å². The molecule has 3 rings (SSSR count). The van der Waals surface area contributed by atoms with Gasteiger partial charge in [0, 0.05) is 13.1 Å². The first-order valence-electron chi connectivity index (χ1n) is 8.70. The van der Waals surface area contributed by atoms with Gasteiger partial charge in [-0.1, -0.05) is 19.1 Å². The minimum Gasteiger partial charge on any atom is -0.494 e. The summed E-state index contributed by atoms with van der Waals surface area (Å²) < 4.78 is 5.77. The third kappa shape index (κ3) is 3.96. The lowest BCUT2D eigenvalue weighted by Gasteiger charge is -2.33. The van der Waals surface area contributed by atoms with E-state index < -0.39 is 0 Å². The number of hydrogen-bond donors (Lipinski definition) is 2. The number of rotatable bonds is 6. The molecule has 0 radical (unpaired) electrons. The van der Waals surface area contributed by atoms with E-state index >= 15 is 0 Å². The first kappa shape index (κ1) is 16.1. The number of benzene rings is 1. The fourth-order valence-corrected chi connectivity index (χ4v) is 3.42. The van der Waals surface area contributed by atoms with Crippen LogP contribution < -0.4 is 15.4 Å². The molecule has 2 N–H and O–H groups in total. The van der Waals surface area contributed by atoms with E-state index in [0.717, 1.165) is 57.6 Å². The number of amides is 2. The van der Waals surface area contributed by atoms with Gasteiger partial charge in [0.25, 0.3) is 0 Å². The lowest BCUT2D eigenvalue weighted by Crippen LogP contribution is -2.51. The molecule has 126 valence electrons. The van der Waals surface area contributed by atoms with Crippen LogP contribution in [0.25, 0.3) is 0 Å². The fourth-order valence-electron chi connectivity index (χ4n) is 3.42. The normalized spacial score (nSPS) is 19.9. The monoisotopic (exact) mass is 317 g/mol. The Kier molecular flexibility index (Phi) is 5.06. The second kappa shape index (κ2) is 7.21. The average molecular weight is 317 g/mol. The van der Waals surface area contributed by atoms with E-state index in [4.69, 9.17) is 4.74 Å². The molecular formula is C18H27N3O2. The van der Waals surface area contributed by atoms with E-state index in [1.165, 1.54) is 5.56 Å². The number of aryl methyl sites for hydroxylation is 1. The Hall–Kier alpha value is -1.75. The van der Waals surface area contributed by atoms with Gasteiger partial charge in [-0.25, -0.2) is 4.79 Å². The summed E-state index contributed by atoms with van der Waals surface area (Å²) in [5.74, 6) is 0.905. The molecule has 1 aromatic rings. The van der Waals surface area contributed by atoms with Crippen molar-refractivity contribution in [2.75, 3.05) is 32.8 Å². The zero-order valence-electron chi connectivity index (χ0n) is 13.9. The van der Waals surface area contributed by atoms with Crippen LogP contribution in [0.3, 0.4) is 0 Å². The van der Waals surface area contributed by atoms with Crippen molar-refractivity contribution in [3.63, 3.8) is 0 Å². The number of nitrogens with one attached hydrogen (secondary N) is 2. The minimum absolute atomic E-state index is 0.000819. The zero-order chi connectivity index (χ0) is 16.1. The summed E-state index contributed by atoms with van der Waals surface area (Å²) in [5, 5.41) is 6.55. The van der Waals surface area contributed by atoms with Crippen molar-refractivity contribution in [3.05, 3.63) is 29.8 Å². The molecule has 1 spiro atoms. The number of carbonyl (C=O) groups excluding carboxylic acids is 1. The van der Waals surface area contributed by atoms with Gasteiger partial charge < -0.3 is 20.3 Å². The highest BCUT2D eigenvalue weighted by Crippen LogP contribution is 2.25. The maximum atomic E-state index is 12.1. The Morgan fingerprint density at radius 2 is 1.96 bits per heavy atom. The van der Waals surface area contributed by atoms with E-state index in [1.807, 2.05) is 17.0 Å². The van der Waals surface area contributed by atoms with Gasteiger partial charge in [-0.05, 0) is 56.5 Å². The number of carbonyl (C=O) groups is 1. The molecule has 2 aliphatic heterocycles. The third-order valence-electron chi connectivity index (χ3n) is 4.89. The number of piperidine rings is 1. The first-order valence-corrected chi connectivity index (χ1v) is 8.70. The first-order chi connectivity index (χ1) is 11.2. The molecule has 0 atom stereocenters. The highest BCUT2D eigenvalue weighted by Gasteiger charge is 2.42. The molecule has 0 aromatic heterocycles. The summed E-state index contributed by atoms with van der Waals surface area (Å²) in [4.78, 5) is 14.1. The highest BCUT2D eigenvalue weighted by molar-refractivity contribution is 5.78. The van der Waals surface area contributed by atoms with Crippen LogP contribution in [0.5, 0.6) is 5.75 Å². The fraction of sp³-hybridized carbons (Fsp3) is 0.611. The number of urea groups is 1. The predicted octanol–water partition coefficient (Wildman–Crippen LogP) is 2.17. The topological polar surface area (TPSA) is 53.6 Å². The molecule has 1 aromatic carbocycles. The molecule has 2 amide bonds. The predicted molar refractivity (Wildman–Crippen MR) is 90.9 cm³/mol. The maximum absolute atomic E-state index is 12.1. The van der Waals surface area contributed by atoms with Crippen molar-refractivity contribution in [1.82, 2.24) is 15.5 Å². The van der Waals surface area contributed by atoms with Crippen molar-refractivity contribution < 1.29 is 9.53 Å². The molecule has 2 fully saturated rings. The molecule has 2 aliphatic rings. The lowest BCUT2D eigenvalue weighted by atomic mass is 9.89. The summed E-state index contributed by atoms with van der Waals surface area (Å²) in [6.45, 7) is 6.36. The molecule has 2 heterocycles. The van der Waals surface area contributed by atoms with Gasteiger partial charge in [-0.3, -0.25) is 0 Å². The van der Waals surface area contributed by atoms with Crippen LogP contribution in [0.4, 0.5) is 4.79 Å². The molecule has 0 bridgehead atoms. The van der Waals surface area contributed by atoms with E-state index in [-0.39, 0.29) is 11.6 Å². The minimum atomic E-state index is -0.000819. The Balaban J connectivity index is 1.41. The molecule has 0 unspecified atom stereocenters. The quantitative estimate of drug-likeness (QED) is 0.791. The van der Waals surface area contributed by atoms with Crippen LogP contribution in [0.1, 0.15) is 31.7 Å². The Bertz CT molecular complexity index is 524. The van der Waals surface area contributed by atoms with E-state index in [9.17, 15) is 4.79 Å². The average Bonchev–Trinajstić information content (AvgIpc) is 2.88. The van der Waals surface area contributed by atoms with Gasteiger partial charge in [0.15, 0.2) is 0 Å². The molecule has 2 saturated heterocycles. The van der Waals surface area contributed by atoms with Crippen molar-refractivity contribution in [2.24, 2.45) is 0 Å². The van der Waals surface area contributed by atoms with Crippen molar-refractivity contribution in [3.8, 4) is 5.75 Å². The van der Waals surface area contributed by atoms with Gasteiger partial charge in [-0.2, -0.15) is 0 Å². The Morgan fingerprint density at radius 1 is 1.22 bits per heavy atom. The largest absolute Gasteiger partial charge is 0.494 e. The lowest BCUT2D eigenvalue weighted by molar-refractivity contribution is 0.210. The van der Waals surface area contributed by atoms with Crippen LogP contribution in [-0.4, -0.2) is 49.3 Å². The van der Waals surface area contributed by atoms with Crippen molar-refractivity contribution >= 4 is 6.03 Å². The Morgan fingerprint density at radius 3 is 2.65 bits per heavy atom. The van der Waals surface area contributed by atoms with Gasteiger partial charge in [0.05, 0.1) is 12.1 Å². The standard InChI is InChI=1S/C18H27N3O2/c1-2-15-4-6-16(7-5-15)23-13-3-12-21-14-18(20-17(21)22)8-10-19-11-9-18/h4-7,19H,2-3,8-14H2,1H3,(H,20,22). The van der Waals surface area contributed by atoms with E-state index in [2.05, 4.69) is 29.7 Å². The molecule has 5 nitrogen and oxygen atoms in total. The third-order valence-corrected chi connectivity index (χ3v) is 4.89. The molecule has 0 saturated carbocycles. The second-order valence-electron chi connectivity index (χ2n) is 6.58. The molecule has 23 heavy (non-hydrogen) atoms. The summed E-state index contributed by atoms with van der Waals surface area (Å²) in [6.07, 6.45) is 3.95. The van der Waals surface area contributed by atoms with Crippen molar-refractivity contribution in [1.29, 1.82) is 0 Å². The van der Waals surface area contributed by atoms with Gasteiger partial charge in [0.1, 0.15) is 5.75 Å². The number of nitrogens with zero attached hydrogens (tertiary/aromatic N) is 1. The van der Waals surface area contributed by atoms with Crippen LogP contribution in [0, 0.1) is 0 Å². The smallest absolute Gasteiger partial charge is 0.317 e. The number of hydrogen-bond acceptors (Lipinski definition) is 3. The zero-order valence-corrected chi connectivity index (χ0v) is 13.9. The summed E-state index contributed by atoms with van der Waals surface area (Å²) in [6, 6.07) is 8.32. The van der Waals surface area contributed by atoms with Crippen LogP contribution in [0.15, 0.2) is 24.3 Å². The van der Waals surface area contributed by atoms with Gasteiger partial charge >= 0.3 is 6.03 Å². The van der Waals surface area contributed by atoms with E-state index in [0.29, 0.717) is 6.61 Å². The second-order valence-corrected chi connectivity index (χ2v) is 6.58. The van der Waals surface area contributed by atoms with Crippen LogP contribution in [0.2, 0.25) is 0 Å². The molecule has 5 heteroatoms. The van der Waals surface area contributed by atoms with Crippen LogP contribution in [-0.2, 0) is 6.42 Å². The Labute approximate surface area is 138 Å². The SMILES string of the molecule is CCc1ccc(OCCCN2CC3(CCNCC3)NC2=O)cc1. The van der Waals surface area contributed by atoms with Gasteiger partial charge in [-0.15, -0.1) is 0 Å². The highest BCUT2D eigenvalue weighted by atomic mass is 16.5. The summed E-state index contributed by atoms with van der Waals surface area (Å²) in [7, 11) is 0. The van der Waals surface area contributed by atoms with Gasteiger partial charge in [0.2, 0.25) is 0 Å². The van der Waals surface area contributed by atoms with E-state index in [1.54, 1.807) is 0 Å². The maximum Gasteiger partial charge on any atom is 0.317 e. The van der Waals surface area contributed by atoms with Crippen LogP contribution >= 0.6 is 0 Å². The summed E-state index contributed by atoms with van der Waals surface area (Å²) >= 11 is 0. The molecular weight excluding hydrogens is 290 g/mol. The molecule has 0 aliphatic carbocycles. The summed E-state index contributed by atoms with van der Waals surface area (Å²) in [5.41, 5.74) is 1.32.